The second-order valence-electron chi connectivity index (χ2n) is 6.19. The third kappa shape index (κ3) is 6.66. The van der Waals surface area contributed by atoms with Gasteiger partial charge in [-0.3, -0.25) is 4.99 Å². The molecule has 0 bridgehead atoms. The predicted octanol–water partition coefficient (Wildman–Crippen LogP) is 3.45. The average molecular weight is 461 g/mol. The lowest BCUT2D eigenvalue weighted by Gasteiger charge is -2.22. The van der Waals surface area contributed by atoms with Gasteiger partial charge in [0, 0.05) is 39.2 Å². The number of guanidine groups is 1. The molecule has 0 amide bonds. The number of hydrogen-bond acceptors (Lipinski definition) is 3. The summed E-state index contributed by atoms with van der Waals surface area (Å²) in [5.74, 6) is 2.54. The molecule has 1 aromatic carbocycles. The van der Waals surface area contributed by atoms with Gasteiger partial charge in [-0.15, -0.1) is 24.0 Å². The SMILES string of the molecule is CCOCC1CCN(C(=NC)NCc2ccc(OCC)c(C)c2)C1.I. The highest BCUT2D eigenvalue weighted by Crippen LogP contribution is 2.20. The first kappa shape index (κ1) is 22.0. The highest BCUT2D eigenvalue weighted by atomic mass is 127. The second kappa shape index (κ2) is 11.6. The zero-order valence-electron chi connectivity index (χ0n) is 15.9. The highest BCUT2D eigenvalue weighted by molar-refractivity contribution is 14.0. The Balaban J connectivity index is 0.00000312. The number of halogens is 1. The van der Waals surface area contributed by atoms with Crippen molar-refractivity contribution in [3.8, 4) is 5.75 Å². The van der Waals surface area contributed by atoms with E-state index < -0.39 is 0 Å². The van der Waals surface area contributed by atoms with E-state index in [0.29, 0.717) is 12.5 Å². The van der Waals surface area contributed by atoms with Gasteiger partial charge in [0.1, 0.15) is 5.75 Å². The fraction of sp³-hybridized carbons (Fsp3) is 0.632. The monoisotopic (exact) mass is 461 g/mol. The molecule has 1 atom stereocenters. The Morgan fingerprint density at radius 1 is 1.32 bits per heavy atom. The van der Waals surface area contributed by atoms with Gasteiger partial charge in [0.15, 0.2) is 5.96 Å². The van der Waals surface area contributed by atoms with Crippen LogP contribution in [0, 0.1) is 12.8 Å². The number of aliphatic imine (C=N–C) groups is 1. The molecular formula is C19H32IN3O2. The Kier molecular flexibility index (Phi) is 10.2. The van der Waals surface area contributed by atoms with Gasteiger partial charge in [-0.05, 0) is 44.4 Å². The number of likely N-dealkylation sites (tertiary alicyclic amines) is 1. The van der Waals surface area contributed by atoms with Crippen molar-refractivity contribution in [1.29, 1.82) is 0 Å². The molecule has 5 nitrogen and oxygen atoms in total. The van der Waals surface area contributed by atoms with Crippen molar-refractivity contribution >= 4 is 29.9 Å². The number of hydrogen-bond donors (Lipinski definition) is 1. The maximum absolute atomic E-state index is 5.60. The lowest BCUT2D eigenvalue weighted by atomic mass is 10.1. The Hall–Kier alpha value is -1.02. The van der Waals surface area contributed by atoms with Crippen molar-refractivity contribution in [2.45, 2.75) is 33.7 Å². The van der Waals surface area contributed by atoms with Crippen LogP contribution in [0.2, 0.25) is 0 Å². The van der Waals surface area contributed by atoms with Crippen LogP contribution in [0.5, 0.6) is 5.75 Å². The van der Waals surface area contributed by atoms with Crippen LogP contribution >= 0.6 is 24.0 Å². The van der Waals surface area contributed by atoms with Crippen LogP contribution in [-0.4, -0.2) is 50.8 Å². The fourth-order valence-corrected chi connectivity index (χ4v) is 3.10. The molecule has 0 aromatic heterocycles. The lowest BCUT2D eigenvalue weighted by molar-refractivity contribution is 0.114. The largest absolute Gasteiger partial charge is 0.494 e. The van der Waals surface area contributed by atoms with Gasteiger partial charge < -0.3 is 19.7 Å². The Bertz CT molecular complexity index is 551. The van der Waals surface area contributed by atoms with Gasteiger partial charge in [-0.2, -0.15) is 0 Å². The quantitative estimate of drug-likeness (QED) is 0.384. The van der Waals surface area contributed by atoms with Crippen molar-refractivity contribution in [3.63, 3.8) is 0 Å². The summed E-state index contributed by atoms with van der Waals surface area (Å²) >= 11 is 0. The van der Waals surface area contributed by atoms with Crippen LogP contribution in [0.4, 0.5) is 0 Å². The van der Waals surface area contributed by atoms with E-state index in [9.17, 15) is 0 Å². The topological polar surface area (TPSA) is 46.1 Å². The molecule has 0 spiro atoms. The number of benzene rings is 1. The first-order chi connectivity index (χ1) is 11.7. The van der Waals surface area contributed by atoms with Crippen molar-refractivity contribution in [2.24, 2.45) is 10.9 Å². The van der Waals surface area contributed by atoms with Gasteiger partial charge in [0.2, 0.25) is 0 Å². The van der Waals surface area contributed by atoms with E-state index in [1.807, 2.05) is 27.0 Å². The normalized spacial score (nSPS) is 17.4. The van der Waals surface area contributed by atoms with E-state index in [1.54, 1.807) is 0 Å². The maximum Gasteiger partial charge on any atom is 0.193 e. The van der Waals surface area contributed by atoms with Crippen molar-refractivity contribution in [1.82, 2.24) is 10.2 Å². The summed E-state index contributed by atoms with van der Waals surface area (Å²) in [6.45, 7) is 11.3. The van der Waals surface area contributed by atoms with Gasteiger partial charge in [-0.25, -0.2) is 0 Å². The Morgan fingerprint density at radius 2 is 2.12 bits per heavy atom. The highest BCUT2D eigenvalue weighted by Gasteiger charge is 2.24. The van der Waals surface area contributed by atoms with E-state index in [2.05, 4.69) is 34.3 Å². The van der Waals surface area contributed by atoms with E-state index in [-0.39, 0.29) is 24.0 Å². The number of rotatable bonds is 7. The molecular weight excluding hydrogens is 429 g/mol. The Labute approximate surface area is 169 Å². The van der Waals surface area contributed by atoms with Gasteiger partial charge in [0.05, 0.1) is 13.2 Å². The molecule has 1 N–H and O–H groups in total. The average Bonchev–Trinajstić information content (AvgIpc) is 3.05. The summed E-state index contributed by atoms with van der Waals surface area (Å²) in [5, 5.41) is 3.48. The molecule has 1 saturated heterocycles. The minimum atomic E-state index is 0. The summed E-state index contributed by atoms with van der Waals surface area (Å²) in [4.78, 5) is 6.76. The molecule has 0 radical (unpaired) electrons. The molecule has 142 valence electrons. The molecule has 1 fully saturated rings. The first-order valence-electron chi connectivity index (χ1n) is 8.93. The van der Waals surface area contributed by atoms with Crippen LogP contribution in [-0.2, 0) is 11.3 Å². The third-order valence-electron chi connectivity index (χ3n) is 4.34. The van der Waals surface area contributed by atoms with Crippen LogP contribution in [0.25, 0.3) is 0 Å². The maximum atomic E-state index is 5.60. The molecule has 2 rings (SSSR count). The standard InChI is InChI=1S/C19H31N3O2.HI/c1-5-23-14-17-9-10-22(13-17)19(20-4)21-12-16-7-8-18(24-6-2)15(3)11-16;/h7-8,11,17H,5-6,9-10,12-14H2,1-4H3,(H,20,21);1H. The molecule has 0 aliphatic carbocycles. The van der Waals surface area contributed by atoms with E-state index in [1.165, 1.54) is 17.5 Å². The molecule has 1 aliphatic heterocycles. The zero-order chi connectivity index (χ0) is 17.4. The number of nitrogens with zero attached hydrogens (tertiary/aromatic N) is 2. The van der Waals surface area contributed by atoms with Crippen molar-refractivity contribution in [3.05, 3.63) is 29.3 Å². The minimum absolute atomic E-state index is 0. The summed E-state index contributed by atoms with van der Waals surface area (Å²) < 4.78 is 11.2. The smallest absolute Gasteiger partial charge is 0.193 e. The third-order valence-corrected chi connectivity index (χ3v) is 4.34. The summed E-state index contributed by atoms with van der Waals surface area (Å²) in [6, 6.07) is 6.33. The zero-order valence-corrected chi connectivity index (χ0v) is 18.2. The molecule has 1 unspecified atom stereocenters. The lowest BCUT2D eigenvalue weighted by Crippen LogP contribution is -2.39. The fourth-order valence-electron chi connectivity index (χ4n) is 3.10. The van der Waals surface area contributed by atoms with Crippen molar-refractivity contribution in [2.75, 3.05) is 40.0 Å². The second-order valence-corrected chi connectivity index (χ2v) is 6.19. The molecule has 0 saturated carbocycles. The summed E-state index contributed by atoms with van der Waals surface area (Å²) in [7, 11) is 1.85. The number of aryl methyl sites for hydroxylation is 1. The molecule has 1 aliphatic rings. The molecule has 25 heavy (non-hydrogen) atoms. The van der Waals surface area contributed by atoms with Crippen LogP contribution in [0.3, 0.4) is 0 Å². The molecule has 1 heterocycles. The predicted molar refractivity (Wildman–Crippen MR) is 114 cm³/mol. The van der Waals surface area contributed by atoms with Gasteiger partial charge in [0.25, 0.3) is 0 Å². The van der Waals surface area contributed by atoms with Gasteiger partial charge >= 0.3 is 0 Å². The van der Waals surface area contributed by atoms with E-state index in [4.69, 9.17) is 9.47 Å². The van der Waals surface area contributed by atoms with E-state index >= 15 is 0 Å². The molecule has 6 heteroatoms. The summed E-state index contributed by atoms with van der Waals surface area (Å²) in [6.07, 6.45) is 1.17. The van der Waals surface area contributed by atoms with Crippen LogP contribution in [0.15, 0.2) is 23.2 Å². The number of ether oxygens (including phenoxy) is 2. The van der Waals surface area contributed by atoms with Gasteiger partial charge in [-0.1, -0.05) is 12.1 Å². The Morgan fingerprint density at radius 3 is 2.76 bits per heavy atom. The van der Waals surface area contributed by atoms with Crippen LogP contribution < -0.4 is 10.1 Å². The van der Waals surface area contributed by atoms with Crippen LogP contribution in [0.1, 0.15) is 31.4 Å². The first-order valence-corrected chi connectivity index (χ1v) is 8.93. The summed E-state index contributed by atoms with van der Waals surface area (Å²) in [5.41, 5.74) is 2.41. The molecule has 1 aromatic rings. The van der Waals surface area contributed by atoms with E-state index in [0.717, 1.165) is 44.6 Å². The minimum Gasteiger partial charge on any atom is -0.494 e. The van der Waals surface area contributed by atoms with Crippen molar-refractivity contribution < 1.29 is 9.47 Å². The number of nitrogens with one attached hydrogen (secondary N) is 1.